The Hall–Kier alpha value is -2.03. The largest absolute Gasteiger partial charge is 0.508 e. The second-order valence-electron chi connectivity index (χ2n) is 3.18. The van der Waals surface area contributed by atoms with Gasteiger partial charge in [0.05, 0.1) is 0 Å². The van der Waals surface area contributed by atoms with E-state index in [1.807, 2.05) is 0 Å². The fraction of sp³-hybridized carbons (Fsp3) is 0. The summed E-state index contributed by atoms with van der Waals surface area (Å²) in [7, 11) is 0. The van der Waals surface area contributed by atoms with E-state index in [9.17, 15) is 4.39 Å². The normalized spacial score (nSPS) is 9.93. The van der Waals surface area contributed by atoms with Gasteiger partial charge in [0.25, 0.3) is 0 Å². The van der Waals surface area contributed by atoms with Gasteiger partial charge in [0.15, 0.2) is 0 Å². The lowest BCUT2D eigenvalue weighted by Crippen LogP contribution is -1.89. The molecule has 0 spiro atoms. The summed E-state index contributed by atoms with van der Waals surface area (Å²) in [6.45, 7) is 0. The maximum absolute atomic E-state index is 12.6. The molecule has 0 fully saturated rings. The van der Waals surface area contributed by atoms with Gasteiger partial charge in [-0.25, -0.2) is 4.39 Å². The van der Waals surface area contributed by atoms with Gasteiger partial charge < -0.3 is 10.4 Å². The first-order valence-electron chi connectivity index (χ1n) is 4.56. The van der Waals surface area contributed by atoms with Crippen molar-refractivity contribution in [2.45, 2.75) is 0 Å². The highest BCUT2D eigenvalue weighted by atomic mass is 19.1. The van der Waals surface area contributed by atoms with Crippen LogP contribution in [0.2, 0.25) is 0 Å². The Morgan fingerprint density at radius 3 is 1.80 bits per heavy atom. The Bertz CT molecular complexity index is 393. The Morgan fingerprint density at radius 1 is 0.800 bits per heavy atom. The summed E-state index contributed by atoms with van der Waals surface area (Å²) in [6.07, 6.45) is 0. The molecule has 2 N–H and O–H groups in total. The molecule has 0 unspecified atom stereocenters. The highest BCUT2D eigenvalue weighted by Gasteiger charge is 1.95. The number of nitrogens with one attached hydrogen (secondary N) is 1. The smallest absolute Gasteiger partial charge is 0.123 e. The maximum atomic E-state index is 12.6. The first-order chi connectivity index (χ1) is 7.24. The number of anilines is 2. The minimum Gasteiger partial charge on any atom is -0.508 e. The molecule has 0 saturated heterocycles. The van der Waals surface area contributed by atoms with Gasteiger partial charge in [0, 0.05) is 11.4 Å². The number of rotatable bonds is 2. The highest BCUT2D eigenvalue weighted by Crippen LogP contribution is 2.19. The van der Waals surface area contributed by atoms with Gasteiger partial charge in [0.1, 0.15) is 11.6 Å². The SMILES string of the molecule is Oc1ccc(Nc2ccc(F)cc2)cc1. The number of hydrogen-bond acceptors (Lipinski definition) is 2. The molecule has 0 atom stereocenters. The molecule has 15 heavy (non-hydrogen) atoms. The highest BCUT2D eigenvalue weighted by molar-refractivity contribution is 5.59. The molecule has 0 heterocycles. The summed E-state index contributed by atoms with van der Waals surface area (Å²) in [5.41, 5.74) is 1.65. The van der Waals surface area contributed by atoms with E-state index in [1.54, 1.807) is 36.4 Å². The van der Waals surface area contributed by atoms with Crippen LogP contribution in [0, 0.1) is 5.82 Å². The van der Waals surface area contributed by atoms with Crippen molar-refractivity contribution in [2.24, 2.45) is 0 Å². The lowest BCUT2D eigenvalue weighted by molar-refractivity contribution is 0.475. The molecule has 3 heteroatoms. The number of phenols is 1. The molecule has 0 aliphatic heterocycles. The van der Waals surface area contributed by atoms with Crippen LogP contribution in [-0.4, -0.2) is 5.11 Å². The molecule has 0 aliphatic rings. The van der Waals surface area contributed by atoms with E-state index in [-0.39, 0.29) is 11.6 Å². The van der Waals surface area contributed by atoms with Crippen molar-refractivity contribution in [1.29, 1.82) is 0 Å². The molecular weight excluding hydrogens is 193 g/mol. The molecule has 2 aromatic carbocycles. The molecule has 0 saturated carbocycles. The zero-order valence-electron chi connectivity index (χ0n) is 7.94. The van der Waals surface area contributed by atoms with Crippen molar-refractivity contribution in [1.82, 2.24) is 0 Å². The molecule has 0 aromatic heterocycles. The molecule has 0 aliphatic carbocycles. The Labute approximate surface area is 87.0 Å². The van der Waals surface area contributed by atoms with Gasteiger partial charge in [-0.2, -0.15) is 0 Å². The van der Waals surface area contributed by atoms with E-state index in [2.05, 4.69) is 5.32 Å². The quantitative estimate of drug-likeness (QED) is 0.734. The van der Waals surface area contributed by atoms with E-state index < -0.39 is 0 Å². The van der Waals surface area contributed by atoms with E-state index in [0.717, 1.165) is 11.4 Å². The Morgan fingerprint density at radius 2 is 1.27 bits per heavy atom. The minimum atomic E-state index is -0.258. The molecule has 0 amide bonds. The van der Waals surface area contributed by atoms with Crippen LogP contribution in [-0.2, 0) is 0 Å². The maximum Gasteiger partial charge on any atom is 0.123 e. The zero-order valence-corrected chi connectivity index (χ0v) is 7.94. The van der Waals surface area contributed by atoms with Crippen LogP contribution in [0.5, 0.6) is 5.75 Å². The van der Waals surface area contributed by atoms with Gasteiger partial charge in [-0.1, -0.05) is 0 Å². The summed E-state index contributed by atoms with van der Waals surface area (Å²) >= 11 is 0. The fourth-order valence-corrected chi connectivity index (χ4v) is 1.24. The van der Waals surface area contributed by atoms with Crippen LogP contribution in [0.4, 0.5) is 15.8 Å². The summed E-state index contributed by atoms with van der Waals surface area (Å²) in [5.74, 6) is -0.0362. The average Bonchev–Trinajstić information content (AvgIpc) is 2.25. The van der Waals surface area contributed by atoms with Gasteiger partial charge in [0.2, 0.25) is 0 Å². The third-order valence-corrected chi connectivity index (χ3v) is 2.00. The number of hydrogen-bond donors (Lipinski definition) is 2. The number of halogens is 1. The van der Waals surface area contributed by atoms with Crippen LogP contribution >= 0.6 is 0 Å². The van der Waals surface area contributed by atoms with Gasteiger partial charge in [-0.3, -0.25) is 0 Å². The number of phenolic OH excluding ortho intramolecular Hbond substituents is 1. The molecule has 2 aromatic rings. The van der Waals surface area contributed by atoms with E-state index in [1.165, 1.54) is 12.1 Å². The molecule has 76 valence electrons. The zero-order chi connectivity index (χ0) is 10.7. The van der Waals surface area contributed by atoms with Crippen LogP contribution in [0.25, 0.3) is 0 Å². The number of benzene rings is 2. The molecule has 2 rings (SSSR count). The monoisotopic (exact) mass is 203 g/mol. The lowest BCUT2D eigenvalue weighted by atomic mass is 10.2. The predicted molar refractivity (Wildman–Crippen MR) is 57.8 cm³/mol. The molecule has 0 bridgehead atoms. The van der Waals surface area contributed by atoms with Crippen molar-refractivity contribution >= 4 is 11.4 Å². The van der Waals surface area contributed by atoms with Crippen molar-refractivity contribution in [2.75, 3.05) is 5.32 Å². The van der Waals surface area contributed by atoms with Crippen LogP contribution < -0.4 is 5.32 Å². The number of aromatic hydroxyl groups is 1. The lowest BCUT2D eigenvalue weighted by Gasteiger charge is -2.05. The fourth-order valence-electron chi connectivity index (χ4n) is 1.24. The van der Waals surface area contributed by atoms with Crippen LogP contribution in [0.15, 0.2) is 48.5 Å². The van der Waals surface area contributed by atoms with Crippen molar-refractivity contribution in [3.63, 3.8) is 0 Å². The molecule has 2 nitrogen and oxygen atoms in total. The van der Waals surface area contributed by atoms with Gasteiger partial charge in [-0.15, -0.1) is 0 Å². The minimum absolute atomic E-state index is 0.222. The summed E-state index contributed by atoms with van der Waals surface area (Å²) in [5, 5.41) is 12.2. The first kappa shape index (κ1) is 9.52. The Kier molecular flexibility index (Phi) is 2.54. The summed E-state index contributed by atoms with van der Waals surface area (Å²) in [4.78, 5) is 0. The van der Waals surface area contributed by atoms with Gasteiger partial charge in [-0.05, 0) is 48.5 Å². The van der Waals surface area contributed by atoms with Crippen molar-refractivity contribution in [3.05, 3.63) is 54.3 Å². The topological polar surface area (TPSA) is 32.3 Å². The van der Waals surface area contributed by atoms with Crippen molar-refractivity contribution in [3.8, 4) is 5.75 Å². The predicted octanol–water partition coefficient (Wildman–Crippen LogP) is 3.27. The second-order valence-corrected chi connectivity index (χ2v) is 3.18. The van der Waals surface area contributed by atoms with E-state index in [0.29, 0.717) is 0 Å². The van der Waals surface area contributed by atoms with Crippen LogP contribution in [0.1, 0.15) is 0 Å². The second kappa shape index (κ2) is 4.00. The third kappa shape index (κ3) is 2.47. The standard InChI is InChI=1S/C12H10FNO/c13-9-1-3-10(4-2-9)14-11-5-7-12(15)8-6-11/h1-8,14-15H. The molecular formula is C12H10FNO. The summed E-state index contributed by atoms with van der Waals surface area (Å²) in [6, 6.07) is 12.8. The third-order valence-electron chi connectivity index (χ3n) is 2.00. The van der Waals surface area contributed by atoms with Crippen molar-refractivity contribution < 1.29 is 9.50 Å². The average molecular weight is 203 g/mol. The van der Waals surface area contributed by atoms with Crippen LogP contribution in [0.3, 0.4) is 0 Å². The summed E-state index contributed by atoms with van der Waals surface area (Å²) < 4.78 is 12.6. The first-order valence-corrected chi connectivity index (χ1v) is 4.56. The molecule has 0 radical (unpaired) electrons. The van der Waals surface area contributed by atoms with E-state index >= 15 is 0 Å². The van der Waals surface area contributed by atoms with E-state index in [4.69, 9.17) is 5.11 Å². The van der Waals surface area contributed by atoms with Gasteiger partial charge >= 0.3 is 0 Å². The Balaban J connectivity index is 2.15.